The van der Waals surface area contributed by atoms with E-state index in [-0.39, 0.29) is 16.9 Å². The highest BCUT2D eigenvalue weighted by molar-refractivity contribution is 5.39. The molecule has 1 aromatic carbocycles. The highest BCUT2D eigenvalue weighted by atomic mass is 19.4. The van der Waals surface area contributed by atoms with E-state index in [2.05, 4.69) is 70.0 Å². The van der Waals surface area contributed by atoms with Crippen LogP contribution in [0.2, 0.25) is 0 Å². The first kappa shape index (κ1) is 23.2. The molecule has 1 N–H and O–H groups in total. The Balaban J connectivity index is 2.40. The van der Waals surface area contributed by atoms with Gasteiger partial charge in [-0.1, -0.05) is 66.2 Å². The standard InChI is InChI=1S/C23H37F3N2/c1-21(2,3)18-12-17(13-19(14-18)22(4,5)6)20(27-16-23(24,25)26)15-28-10-8-7-9-11-28/h12-14,20,27H,7-11,15-16H2,1-6H3/t20-/m0/s1. The molecule has 1 aromatic rings. The monoisotopic (exact) mass is 398 g/mol. The van der Waals surface area contributed by atoms with Gasteiger partial charge in [0.1, 0.15) is 0 Å². The number of likely N-dealkylation sites (tertiary alicyclic amines) is 1. The zero-order chi connectivity index (χ0) is 21.2. The molecule has 0 unspecified atom stereocenters. The van der Waals surface area contributed by atoms with Crippen molar-refractivity contribution in [3.8, 4) is 0 Å². The molecular weight excluding hydrogens is 361 g/mol. The Morgan fingerprint density at radius 1 is 0.857 bits per heavy atom. The van der Waals surface area contributed by atoms with Crippen LogP contribution in [0.5, 0.6) is 0 Å². The van der Waals surface area contributed by atoms with Crippen LogP contribution in [0.3, 0.4) is 0 Å². The average molecular weight is 399 g/mol. The second kappa shape index (κ2) is 8.74. The Kier molecular flexibility index (Phi) is 7.25. The van der Waals surface area contributed by atoms with E-state index in [1.54, 1.807) is 0 Å². The molecular formula is C23H37F3N2. The number of rotatable bonds is 5. The van der Waals surface area contributed by atoms with Crippen LogP contribution in [-0.4, -0.2) is 37.3 Å². The molecule has 1 aliphatic heterocycles. The van der Waals surface area contributed by atoms with Gasteiger partial charge in [0.15, 0.2) is 0 Å². The number of alkyl halides is 3. The smallest absolute Gasteiger partial charge is 0.301 e. The van der Waals surface area contributed by atoms with Gasteiger partial charge in [0.05, 0.1) is 6.54 Å². The Morgan fingerprint density at radius 2 is 1.36 bits per heavy atom. The Morgan fingerprint density at radius 3 is 1.79 bits per heavy atom. The predicted octanol–water partition coefficient (Wildman–Crippen LogP) is 5.96. The van der Waals surface area contributed by atoms with E-state index in [1.807, 2.05) is 0 Å². The van der Waals surface area contributed by atoms with Gasteiger partial charge >= 0.3 is 6.18 Å². The maximum Gasteiger partial charge on any atom is 0.401 e. The minimum atomic E-state index is -4.21. The molecule has 1 atom stereocenters. The molecule has 0 radical (unpaired) electrons. The first-order valence-electron chi connectivity index (χ1n) is 10.4. The summed E-state index contributed by atoms with van der Waals surface area (Å²) in [6.45, 7) is 14.5. The molecule has 0 saturated carbocycles. The van der Waals surface area contributed by atoms with Gasteiger partial charge in [-0.15, -0.1) is 0 Å². The fourth-order valence-electron chi connectivity index (χ4n) is 3.65. The van der Waals surface area contributed by atoms with Crippen molar-refractivity contribution in [2.45, 2.75) is 83.9 Å². The lowest BCUT2D eigenvalue weighted by atomic mass is 9.79. The molecule has 0 aliphatic carbocycles. The lowest BCUT2D eigenvalue weighted by molar-refractivity contribution is -0.126. The lowest BCUT2D eigenvalue weighted by Gasteiger charge is -2.33. The van der Waals surface area contributed by atoms with Crippen molar-refractivity contribution in [3.63, 3.8) is 0 Å². The van der Waals surface area contributed by atoms with E-state index in [0.717, 1.165) is 31.5 Å². The summed E-state index contributed by atoms with van der Waals surface area (Å²) in [6, 6.07) is 6.09. The van der Waals surface area contributed by atoms with Crippen molar-refractivity contribution in [1.29, 1.82) is 0 Å². The molecule has 1 saturated heterocycles. The predicted molar refractivity (Wildman–Crippen MR) is 111 cm³/mol. The number of hydrogen-bond acceptors (Lipinski definition) is 2. The minimum absolute atomic E-state index is 0.0598. The fourth-order valence-corrected chi connectivity index (χ4v) is 3.65. The third kappa shape index (κ3) is 7.07. The van der Waals surface area contributed by atoms with E-state index < -0.39 is 12.7 Å². The Labute approximate surface area is 168 Å². The number of nitrogens with zero attached hydrogens (tertiary/aromatic N) is 1. The number of piperidine rings is 1. The van der Waals surface area contributed by atoms with Crippen molar-refractivity contribution in [1.82, 2.24) is 10.2 Å². The first-order chi connectivity index (χ1) is 12.8. The molecule has 0 spiro atoms. The summed E-state index contributed by atoms with van der Waals surface area (Å²) in [5, 5.41) is 2.81. The van der Waals surface area contributed by atoms with Crippen molar-refractivity contribution in [2.24, 2.45) is 0 Å². The summed E-state index contributed by atoms with van der Waals surface area (Å²) in [5.74, 6) is 0. The third-order valence-electron chi connectivity index (χ3n) is 5.53. The minimum Gasteiger partial charge on any atom is -0.301 e. The topological polar surface area (TPSA) is 15.3 Å². The molecule has 28 heavy (non-hydrogen) atoms. The summed E-state index contributed by atoms with van der Waals surface area (Å²) in [7, 11) is 0. The quantitative estimate of drug-likeness (QED) is 0.658. The molecule has 1 aliphatic rings. The van der Waals surface area contributed by atoms with E-state index in [9.17, 15) is 13.2 Å². The van der Waals surface area contributed by atoms with Crippen LogP contribution in [0.15, 0.2) is 18.2 Å². The van der Waals surface area contributed by atoms with Crippen LogP contribution in [0.4, 0.5) is 13.2 Å². The van der Waals surface area contributed by atoms with Gasteiger partial charge in [0, 0.05) is 12.6 Å². The highest BCUT2D eigenvalue weighted by Gasteiger charge is 2.30. The lowest BCUT2D eigenvalue weighted by Crippen LogP contribution is -2.41. The molecule has 1 heterocycles. The molecule has 0 amide bonds. The van der Waals surface area contributed by atoms with Crippen LogP contribution in [0, 0.1) is 0 Å². The van der Waals surface area contributed by atoms with Crippen molar-refractivity contribution in [2.75, 3.05) is 26.2 Å². The zero-order valence-electron chi connectivity index (χ0n) is 18.3. The molecule has 1 fully saturated rings. The summed E-state index contributed by atoms with van der Waals surface area (Å²) in [4.78, 5) is 2.30. The van der Waals surface area contributed by atoms with Gasteiger partial charge in [0.2, 0.25) is 0 Å². The summed E-state index contributed by atoms with van der Waals surface area (Å²) in [5.41, 5.74) is 3.19. The van der Waals surface area contributed by atoms with Gasteiger partial charge in [0.25, 0.3) is 0 Å². The second-order valence-corrected chi connectivity index (χ2v) is 10.3. The van der Waals surface area contributed by atoms with E-state index in [4.69, 9.17) is 0 Å². The SMILES string of the molecule is CC(C)(C)c1cc([C@H](CN2CCCCC2)NCC(F)(F)F)cc(C(C)(C)C)c1. The largest absolute Gasteiger partial charge is 0.401 e. The van der Waals surface area contributed by atoms with Crippen LogP contribution < -0.4 is 5.32 Å². The van der Waals surface area contributed by atoms with Crippen LogP contribution >= 0.6 is 0 Å². The normalized spacial score (nSPS) is 18.3. The van der Waals surface area contributed by atoms with Gasteiger partial charge in [-0.25, -0.2) is 0 Å². The van der Waals surface area contributed by atoms with E-state index in [0.29, 0.717) is 6.54 Å². The third-order valence-corrected chi connectivity index (χ3v) is 5.53. The molecule has 5 heteroatoms. The van der Waals surface area contributed by atoms with Crippen LogP contribution in [0.25, 0.3) is 0 Å². The van der Waals surface area contributed by atoms with Gasteiger partial charge in [-0.05, 0) is 53.5 Å². The van der Waals surface area contributed by atoms with Crippen LogP contribution in [0.1, 0.15) is 83.5 Å². The molecule has 0 bridgehead atoms. The molecule has 2 rings (SSSR count). The number of halogens is 3. The summed E-state index contributed by atoms with van der Waals surface area (Å²) in [6.07, 6.45) is -0.748. The highest BCUT2D eigenvalue weighted by Crippen LogP contribution is 2.33. The molecule has 2 nitrogen and oxygen atoms in total. The van der Waals surface area contributed by atoms with Crippen molar-refractivity contribution >= 4 is 0 Å². The maximum absolute atomic E-state index is 13.0. The van der Waals surface area contributed by atoms with Gasteiger partial charge in [-0.3, -0.25) is 0 Å². The molecule has 0 aromatic heterocycles. The van der Waals surface area contributed by atoms with Crippen LogP contribution in [-0.2, 0) is 10.8 Å². The Hall–Kier alpha value is -1.07. The number of hydrogen-bond donors (Lipinski definition) is 1. The number of nitrogens with one attached hydrogen (secondary N) is 1. The summed E-state index contributed by atoms with van der Waals surface area (Å²) >= 11 is 0. The van der Waals surface area contributed by atoms with Gasteiger partial charge < -0.3 is 10.2 Å². The Bertz CT molecular complexity index is 600. The van der Waals surface area contributed by atoms with Gasteiger partial charge in [-0.2, -0.15) is 13.2 Å². The second-order valence-electron chi connectivity index (χ2n) is 10.3. The summed E-state index contributed by atoms with van der Waals surface area (Å²) < 4.78 is 38.9. The van der Waals surface area contributed by atoms with E-state index in [1.165, 1.54) is 17.5 Å². The first-order valence-corrected chi connectivity index (χ1v) is 10.4. The zero-order valence-corrected chi connectivity index (χ0v) is 18.3. The number of benzene rings is 1. The average Bonchev–Trinajstić information content (AvgIpc) is 2.56. The van der Waals surface area contributed by atoms with Crippen molar-refractivity contribution < 1.29 is 13.2 Å². The van der Waals surface area contributed by atoms with Crippen molar-refractivity contribution in [3.05, 3.63) is 34.9 Å². The molecule has 160 valence electrons. The van der Waals surface area contributed by atoms with E-state index >= 15 is 0 Å². The fraction of sp³-hybridized carbons (Fsp3) is 0.739. The maximum atomic E-state index is 13.0.